The third-order valence-corrected chi connectivity index (χ3v) is 7.31. The van der Waals surface area contributed by atoms with Gasteiger partial charge in [0.15, 0.2) is 18.0 Å². The number of nitrogens with one attached hydrogen (secondary N) is 2. The number of hydrogen-bond donors (Lipinski definition) is 8. The zero-order valence-corrected chi connectivity index (χ0v) is 19.9. The molecule has 0 aromatic heterocycles. The molecule has 8 N–H and O–H groups in total. The Kier molecular flexibility index (Phi) is 8.24. The normalized spacial score (nSPS) is 32.5. The van der Waals surface area contributed by atoms with E-state index in [1.54, 1.807) is 24.3 Å². The first-order valence-corrected chi connectivity index (χ1v) is 12.1. The standard InChI is InChI=1S/C20H22N2O2.C6H10O7/c23-19(22-13-18-16-11-21-12-17(16)18)20(24,14-7-3-1-4-8-14)15-9-5-2-6-10-15;7-1-2(8)4(5(10)11)13-6(12)3(1)9/h1-10,16-18,21,24H,11-13H2,(H,22,23);1-4,6-9,12H,(H,10,11)/t16-,17+,18?;1-,2-,3+,4-,6+/m.0/s1. The van der Waals surface area contributed by atoms with E-state index in [0.29, 0.717) is 35.4 Å². The van der Waals surface area contributed by atoms with E-state index in [1.165, 1.54) is 0 Å². The molecule has 2 saturated heterocycles. The molecular formula is C26H32N2O9. The van der Waals surface area contributed by atoms with E-state index in [4.69, 9.17) is 25.5 Å². The Morgan fingerprint density at radius 1 is 0.865 bits per heavy atom. The lowest BCUT2D eigenvalue weighted by molar-refractivity contribution is -0.279. The number of hydrogen-bond acceptors (Lipinski definition) is 9. The molecule has 37 heavy (non-hydrogen) atoms. The van der Waals surface area contributed by atoms with Crippen molar-refractivity contribution < 1.29 is 45.0 Å². The van der Waals surface area contributed by atoms with Gasteiger partial charge < -0.3 is 46.0 Å². The molecular weight excluding hydrogens is 484 g/mol. The van der Waals surface area contributed by atoms with Crippen molar-refractivity contribution >= 4 is 11.9 Å². The quantitative estimate of drug-likeness (QED) is 0.221. The van der Waals surface area contributed by atoms with Gasteiger partial charge in [0.25, 0.3) is 5.91 Å². The third-order valence-electron chi connectivity index (χ3n) is 7.31. The number of aliphatic hydroxyl groups excluding tert-OH is 4. The second kappa shape index (κ2) is 11.2. The van der Waals surface area contributed by atoms with Crippen LogP contribution in [-0.2, 0) is 19.9 Å². The highest BCUT2D eigenvalue weighted by molar-refractivity contribution is 5.90. The van der Waals surface area contributed by atoms with Crippen molar-refractivity contribution in [3.05, 3.63) is 71.8 Å². The fourth-order valence-electron chi connectivity index (χ4n) is 5.04. The smallest absolute Gasteiger partial charge is 0.335 e. The summed E-state index contributed by atoms with van der Waals surface area (Å²) in [6.45, 7) is 2.73. The lowest BCUT2D eigenvalue weighted by Gasteiger charge is -2.36. The van der Waals surface area contributed by atoms with Crippen LogP contribution < -0.4 is 10.6 Å². The van der Waals surface area contributed by atoms with Crippen molar-refractivity contribution in [3.63, 3.8) is 0 Å². The summed E-state index contributed by atoms with van der Waals surface area (Å²) in [6.07, 6.45) is -8.72. The molecule has 1 saturated carbocycles. The molecule has 1 unspecified atom stereocenters. The molecule has 2 aromatic carbocycles. The lowest BCUT2D eigenvalue weighted by atomic mass is 9.85. The number of rotatable bonds is 6. The summed E-state index contributed by atoms with van der Waals surface area (Å²) < 4.78 is 4.34. The molecule has 11 nitrogen and oxygen atoms in total. The number of ether oxygens (including phenoxy) is 1. The van der Waals surface area contributed by atoms with Crippen LogP contribution in [0.3, 0.4) is 0 Å². The van der Waals surface area contributed by atoms with E-state index in [-0.39, 0.29) is 5.91 Å². The van der Waals surface area contributed by atoms with Crippen molar-refractivity contribution in [3.8, 4) is 0 Å². The average Bonchev–Trinajstić information content (AvgIpc) is 3.33. The van der Waals surface area contributed by atoms with Crippen LogP contribution in [0, 0.1) is 17.8 Å². The van der Waals surface area contributed by atoms with Gasteiger partial charge in [0.2, 0.25) is 0 Å². The minimum Gasteiger partial charge on any atom is -0.479 e. The van der Waals surface area contributed by atoms with Gasteiger partial charge in [0.1, 0.15) is 18.3 Å². The number of carbonyl (C=O) groups excluding carboxylic acids is 1. The summed E-state index contributed by atoms with van der Waals surface area (Å²) in [5.74, 6) is 0.0556. The zero-order chi connectivity index (χ0) is 26.7. The van der Waals surface area contributed by atoms with Crippen LogP contribution in [0.25, 0.3) is 0 Å². The van der Waals surface area contributed by atoms with Gasteiger partial charge in [-0.05, 0) is 42.0 Å². The molecule has 5 rings (SSSR count). The number of fused-ring (bicyclic) bond motifs is 1. The number of carbonyl (C=O) groups is 2. The summed E-state index contributed by atoms with van der Waals surface area (Å²) in [7, 11) is 0. The Morgan fingerprint density at radius 3 is 1.86 bits per heavy atom. The fraction of sp³-hybridized carbons (Fsp3) is 0.462. The predicted molar refractivity (Wildman–Crippen MR) is 129 cm³/mol. The van der Waals surface area contributed by atoms with Crippen molar-refractivity contribution in [2.75, 3.05) is 19.6 Å². The zero-order valence-electron chi connectivity index (χ0n) is 19.9. The van der Waals surface area contributed by atoms with Gasteiger partial charge in [-0.1, -0.05) is 60.7 Å². The Labute approximate surface area is 213 Å². The van der Waals surface area contributed by atoms with Crippen LogP contribution in [0.2, 0.25) is 0 Å². The van der Waals surface area contributed by atoms with E-state index in [9.17, 15) is 14.7 Å². The van der Waals surface area contributed by atoms with Crippen LogP contribution in [0.15, 0.2) is 60.7 Å². The van der Waals surface area contributed by atoms with Gasteiger partial charge in [0, 0.05) is 6.54 Å². The highest BCUT2D eigenvalue weighted by atomic mass is 16.6. The highest BCUT2D eigenvalue weighted by Gasteiger charge is 2.53. The van der Waals surface area contributed by atoms with E-state index in [2.05, 4.69) is 15.4 Å². The minimum atomic E-state index is -1.81. The van der Waals surface area contributed by atoms with Crippen LogP contribution in [0.5, 0.6) is 0 Å². The van der Waals surface area contributed by atoms with Crippen LogP contribution in [0.4, 0.5) is 0 Å². The van der Waals surface area contributed by atoms with Gasteiger partial charge in [-0.25, -0.2) is 4.79 Å². The molecule has 1 amide bonds. The maximum Gasteiger partial charge on any atom is 0.335 e. The van der Waals surface area contributed by atoms with Gasteiger partial charge in [-0.15, -0.1) is 0 Å². The fourth-order valence-corrected chi connectivity index (χ4v) is 5.04. The maximum atomic E-state index is 12.9. The monoisotopic (exact) mass is 516 g/mol. The first kappa shape index (κ1) is 27.1. The average molecular weight is 517 g/mol. The van der Waals surface area contributed by atoms with E-state index in [1.807, 2.05) is 36.4 Å². The summed E-state index contributed by atoms with van der Waals surface area (Å²) in [5, 5.41) is 62.0. The first-order valence-electron chi connectivity index (χ1n) is 12.1. The molecule has 200 valence electrons. The second-order valence-electron chi connectivity index (χ2n) is 9.56. The van der Waals surface area contributed by atoms with E-state index < -0.39 is 42.3 Å². The first-order chi connectivity index (χ1) is 17.7. The number of aliphatic hydroxyl groups is 5. The van der Waals surface area contributed by atoms with Crippen LogP contribution in [0.1, 0.15) is 11.1 Å². The largest absolute Gasteiger partial charge is 0.479 e. The molecule has 1 aliphatic carbocycles. The van der Waals surface area contributed by atoms with Crippen molar-refractivity contribution in [1.29, 1.82) is 0 Å². The summed E-state index contributed by atoms with van der Waals surface area (Å²) in [6, 6.07) is 18.3. The van der Waals surface area contributed by atoms with Gasteiger partial charge in [-0.3, -0.25) is 4.79 Å². The summed E-state index contributed by atoms with van der Waals surface area (Å²) in [5.41, 5.74) is -0.483. The number of carboxylic acid groups (broad SMARTS) is 1. The highest BCUT2D eigenvalue weighted by Crippen LogP contribution is 2.48. The molecule has 2 heterocycles. The number of amides is 1. The van der Waals surface area contributed by atoms with Gasteiger partial charge >= 0.3 is 5.97 Å². The summed E-state index contributed by atoms with van der Waals surface area (Å²) >= 11 is 0. The molecule has 3 aliphatic rings. The third kappa shape index (κ3) is 5.53. The molecule has 11 heteroatoms. The molecule has 2 aliphatic heterocycles. The Hall–Kier alpha value is -2.90. The SMILES string of the molecule is O=C(NCC1[C@H]2CNC[C@@H]12)C(O)(c1ccccc1)c1ccccc1.O=C(O)[C@H]1O[C@@H](O)[C@H](O)[C@@H](O)[C@@H]1O. The van der Waals surface area contributed by atoms with Crippen molar-refractivity contribution in [1.82, 2.24) is 10.6 Å². The predicted octanol–water partition coefficient (Wildman–Crippen LogP) is -1.62. The number of piperidine rings is 1. The van der Waals surface area contributed by atoms with Gasteiger partial charge in [0.05, 0.1) is 0 Å². The van der Waals surface area contributed by atoms with E-state index in [0.717, 1.165) is 13.1 Å². The number of aliphatic carboxylic acids is 1. The Morgan fingerprint density at radius 2 is 1.38 bits per heavy atom. The topological polar surface area (TPSA) is 189 Å². The molecule has 2 aromatic rings. The summed E-state index contributed by atoms with van der Waals surface area (Å²) in [4.78, 5) is 23.3. The molecule has 3 fully saturated rings. The Balaban J connectivity index is 0.000000209. The van der Waals surface area contributed by atoms with Gasteiger partial charge in [-0.2, -0.15) is 0 Å². The van der Waals surface area contributed by atoms with Crippen LogP contribution in [-0.4, -0.2) is 92.9 Å². The van der Waals surface area contributed by atoms with Crippen LogP contribution >= 0.6 is 0 Å². The molecule has 0 bridgehead atoms. The molecule has 0 radical (unpaired) electrons. The molecule has 0 spiro atoms. The minimum absolute atomic E-state index is 0.349. The Bertz CT molecular complexity index is 1020. The van der Waals surface area contributed by atoms with E-state index >= 15 is 0 Å². The van der Waals surface area contributed by atoms with Crippen molar-refractivity contribution in [2.24, 2.45) is 17.8 Å². The van der Waals surface area contributed by atoms with Crippen molar-refractivity contribution in [2.45, 2.75) is 36.3 Å². The molecule has 8 atom stereocenters. The number of carboxylic acids is 1. The maximum absolute atomic E-state index is 12.9. The number of benzene rings is 2. The second-order valence-corrected chi connectivity index (χ2v) is 9.56. The lowest BCUT2D eigenvalue weighted by Crippen LogP contribution is -2.59.